The number of rotatable bonds is 4. The van der Waals surface area contributed by atoms with Gasteiger partial charge in [0.05, 0.1) is 23.6 Å². The summed E-state index contributed by atoms with van der Waals surface area (Å²) < 4.78 is 7.58. The topological polar surface area (TPSA) is 76.1 Å². The fraction of sp³-hybridized carbons (Fsp3) is 0.571. The number of hydrogen-bond donors (Lipinski definition) is 2. The minimum atomic E-state index is -0.134. The smallest absolute Gasteiger partial charge is 0.262 e. The van der Waals surface area contributed by atoms with E-state index in [1.165, 1.54) is 25.7 Å². The second-order valence-electron chi connectivity index (χ2n) is 7.90. The Balaban J connectivity index is 1.57. The van der Waals surface area contributed by atoms with Crippen molar-refractivity contribution < 1.29 is 9.53 Å². The molecule has 7 heteroatoms. The lowest BCUT2D eigenvalue weighted by atomic mass is 10.1. The average Bonchev–Trinajstić information content (AvgIpc) is 3.07. The zero-order valence-corrected chi connectivity index (χ0v) is 16.9. The van der Waals surface area contributed by atoms with Gasteiger partial charge in [0.1, 0.15) is 0 Å². The first kappa shape index (κ1) is 19.3. The third-order valence-electron chi connectivity index (χ3n) is 5.84. The van der Waals surface area contributed by atoms with Crippen LogP contribution < -0.4 is 10.9 Å². The van der Waals surface area contributed by atoms with Crippen molar-refractivity contribution in [2.45, 2.75) is 70.1 Å². The molecule has 1 aliphatic carbocycles. The van der Waals surface area contributed by atoms with Gasteiger partial charge in [-0.2, -0.15) is 0 Å². The molecular formula is C21H27N3O3S. The van der Waals surface area contributed by atoms with E-state index >= 15 is 0 Å². The first-order valence-corrected chi connectivity index (χ1v) is 10.7. The van der Waals surface area contributed by atoms with E-state index in [1.807, 2.05) is 0 Å². The van der Waals surface area contributed by atoms with Crippen molar-refractivity contribution in [2.24, 2.45) is 0 Å². The molecule has 0 radical (unpaired) electrons. The van der Waals surface area contributed by atoms with Gasteiger partial charge >= 0.3 is 0 Å². The van der Waals surface area contributed by atoms with Crippen LogP contribution in [0.3, 0.4) is 0 Å². The van der Waals surface area contributed by atoms with Crippen LogP contribution in [0.1, 0.15) is 61.7 Å². The summed E-state index contributed by atoms with van der Waals surface area (Å²) in [6.07, 6.45) is 8.90. The van der Waals surface area contributed by atoms with Gasteiger partial charge in [-0.05, 0) is 56.1 Å². The third kappa shape index (κ3) is 4.20. The molecule has 1 aliphatic heterocycles. The molecule has 1 aromatic heterocycles. The minimum Gasteiger partial charge on any atom is -0.376 e. The number of nitrogens with zero attached hydrogens (tertiary/aromatic N) is 1. The van der Waals surface area contributed by atoms with E-state index in [0.717, 1.165) is 32.3 Å². The van der Waals surface area contributed by atoms with E-state index in [1.54, 1.807) is 22.8 Å². The highest BCUT2D eigenvalue weighted by Gasteiger charge is 2.19. The van der Waals surface area contributed by atoms with Crippen LogP contribution in [-0.2, 0) is 11.3 Å². The number of carbonyl (C=O) groups excluding carboxylic acids is 1. The lowest BCUT2D eigenvalue weighted by Crippen LogP contribution is -2.34. The van der Waals surface area contributed by atoms with Crippen LogP contribution in [0.5, 0.6) is 0 Å². The van der Waals surface area contributed by atoms with Crippen LogP contribution in [0.15, 0.2) is 23.0 Å². The predicted octanol–water partition coefficient (Wildman–Crippen LogP) is 3.69. The molecule has 2 fully saturated rings. The van der Waals surface area contributed by atoms with Crippen molar-refractivity contribution >= 4 is 29.0 Å². The van der Waals surface area contributed by atoms with E-state index in [2.05, 4.69) is 10.3 Å². The van der Waals surface area contributed by atoms with Crippen molar-refractivity contribution in [1.82, 2.24) is 14.9 Å². The Kier molecular flexibility index (Phi) is 5.92. The van der Waals surface area contributed by atoms with Gasteiger partial charge in [0, 0.05) is 18.2 Å². The van der Waals surface area contributed by atoms with Gasteiger partial charge in [-0.3, -0.25) is 14.2 Å². The number of hydrogen-bond acceptors (Lipinski definition) is 4. The second-order valence-corrected chi connectivity index (χ2v) is 8.29. The number of ether oxygens (including phenoxy) is 1. The lowest BCUT2D eigenvalue weighted by molar-refractivity contribution is 0.0933. The standard InChI is InChI=1S/C21H27N3O3S/c25-19(22-15-6-3-1-2-4-7-15)14-9-10-17-18(12-14)23-21(28)24(20(17)26)13-16-8-5-11-27-16/h9-10,12,15-16H,1-8,11,13H2,(H,22,25)(H,23,28)/t16-/m1/s1. The Morgan fingerprint density at radius 3 is 2.68 bits per heavy atom. The van der Waals surface area contributed by atoms with Crippen molar-refractivity contribution in [3.63, 3.8) is 0 Å². The number of amides is 1. The predicted molar refractivity (Wildman–Crippen MR) is 111 cm³/mol. The Morgan fingerprint density at radius 1 is 1.18 bits per heavy atom. The van der Waals surface area contributed by atoms with E-state index in [-0.39, 0.29) is 23.6 Å². The minimum absolute atomic E-state index is 0.0369. The van der Waals surface area contributed by atoms with Gasteiger partial charge in [-0.25, -0.2) is 0 Å². The molecule has 0 bridgehead atoms. The van der Waals surface area contributed by atoms with Gasteiger partial charge in [0.25, 0.3) is 11.5 Å². The van der Waals surface area contributed by atoms with E-state index in [0.29, 0.717) is 27.8 Å². The molecule has 2 aromatic rings. The fourth-order valence-electron chi connectivity index (χ4n) is 4.25. The zero-order valence-electron chi connectivity index (χ0n) is 16.0. The lowest BCUT2D eigenvalue weighted by Gasteiger charge is -2.16. The Bertz CT molecular complexity index is 967. The quantitative estimate of drug-likeness (QED) is 0.605. The van der Waals surface area contributed by atoms with Crippen LogP contribution in [0.4, 0.5) is 0 Å². The van der Waals surface area contributed by atoms with Crippen LogP contribution in [-0.4, -0.2) is 34.2 Å². The van der Waals surface area contributed by atoms with E-state index in [9.17, 15) is 9.59 Å². The molecule has 6 nitrogen and oxygen atoms in total. The molecule has 1 atom stereocenters. The van der Waals surface area contributed by atoms with Gasteiger partial charge in [-0.1, -0.05) is 25.7 Å². The molecule has 2 N–H and O–H groups in total. The largest absolute Gasteiger partial charge is 0.376 e. The number of aromatic nitrogens is 2. The summed E-state index contributed by atoms with van der Waals surface area (Å²) in [6, 6.07) is 5.42. The summed E-state index contributed by atoms with van der Waals surface area (Å²) in [5.74, 6) is -0.0864. The normalized spacial score (nSPS) is 20.9. The SMILES string of the molecule is O=C(NC1CCCCCC1)c1ccc2c(=O)n(C[C@H]3CCCO3)c(=S)[nH]c2c1. The molecule has 4 rings (SSSR count). The number of H-pyrrole nitrogens is 1. The van der Waals surface area contributed by atoms with Crippen molar-refractivity contribution in [2.75, 3.05) is 6.61 Å². The maximum Gasteiger partial charge on any atom is 0.262 e. The highest BCUT2D eigenvalue weighted by molar-refractivity contribution is 7.71. The van der Waals surface area contributed by atoms with Crippen molar-refractivity contribution in [3.8, 4) is 0 Å². The summed E-state index contributed by atoms with van der Waals surface area (Å²) in [5, 5.41) is 3.69. The van der Waals surface area contributed by atoms with Crippen molar-refractivity contribution in [1.29, 1.82) is 0 Å². The molecule has 1 saturated heterocycles. The number of fused-ring (bicyclic) bond motifs is 1. The maximum atomic E-state index is 12.9. The third-order valence-corrected chi connectivity index (χ3v) is 6.17. The first-order valence-electron chi connectivity index (χ1n) is 10.3. The number of carbonyl (C=O) groups is 1. The van der Waals surface area contributed by atoms with Gasteiger partial charge < -0.3 is 15.0 Å². The molecule has 28 heavy (non-hydrogen) atoms. The molecule has 1 saturated carbocycles. The number of nitrogens with one attached hydrogen (secondary N) is 2. The summed E-state index contributed by atoms with van der Waals surface area (Å²) >= 11 is 5.41. The zero-order chi connectivity index (χ0) is 19.5. The molecule has 1 aromatic carbocycles. The molecule has 0 unspecified atom stereocenters. The number of benzene rings is 1. The first-order chi connectivity index (χ1) is 13.6. The Labute approximate surface area is 169 Å². The van der Waals surface area contributed by atoms with Gasteiger partial charge in [-0.15, -0.1) is 0 Å². The number of aromatic amines is 1. The van der Waals surface area contributed by atoms with Crippen LogP contribution in [0.25, 0.3) is 10.9 Å². The van der Waals surface area contributed by atoms with Gasteiger partial charge in [0.2, 0.25) is 0 Å². The molecule has 2 heterocycles. The average molecular weight is 402 g/mol. The summed E-state index contributed by atoms with van der Waals surface area (Å²) in [7, 11) is 0. The summed E-state index contributed by atoms with van der Waals surface area (Å²) in [6.45, 7) is 1.21. The highest BCUT2D eigenvalue weighted by Crippen LogP contribution is 2.19. The van der Waals surface area contributed by atoms with Crippen LogP contribution in [0, 0.1) is 4.77 Å². The molecule has 1 amide bonds. The van der Waals surface area contributed by atoms with Gasteiger partial charge in [0.15, 0.2) is 4.77 Å². The molecule has 0 spiro atoms. The van der Waals surface area contributed by atoms with Crippen LogP contribution >= 0.6 is 12.2 Å². The molecule has 2 aliphatic rings. The summed E-state index contributed by atoms with van der Waals surface area (Å²) in [4.78, 5) is 28.7. The monoisotopic (exact) mass is 401 g/mol. The molecule has 150 valence electrons. The second kappa shape index (κ2) is 8.57. The van der Waals surface area contributed by atoms with Crippen LogP contribution in [0.2, 0.25) is 0 Å². The Morgan fingerprint density at radius 2 is 1.96 bits per heavy atom. The maximum absolute atomic E-state index is 12.9. The van der Waals surface area contributed by atoms with E-state index in [4.69, 9.17) is 17.0 Å². The van der Waals surface area contributed by atoms with E-state index < -0.39 is 0 Å². The summed E-state index contributed by atoms with van der Waals surface area (Å²) in [5.41, 5.74) is 1.02. The van der Waals surface area contributed by atoms with Crippen molar-refractivity contribution in [3.05, 3.63) is 38.9 Å². The Hall–Kier alpha value is -1.99. The fourth-order valence-corrected chi connectivity index (χ4v) is 4.51. The highest BCUT2D eigenvalue weighted by atomic mass is 32.1. The molecular weight excluding hydrogens is 374 g/mol.